The van der Waals surface area contributed by atoms with Gasteiger partial charge in [0, 0.05) is 22.7 Å². The number of aryl methyl sites for hydroxylation is 1. The van der Waals surface area contributed by atoms with E-state index in [-0.39, 0.29) is 11.5 Å². The summed E-state index contributed by atoms with van der Waals surface area (Å²) in [4.78, 5) is 12.6. The summed E-state index contributed by atoms with van der Waals surface area (Å²) in [5.41, 5.74) is 2.24. The zero-order chi connectivity index (χ0) is 18.1. The lowest BCUT2D eigenvalue weighted by molar-refractivity contribution is 0.101. The van der Waals surface area contributed by atoms with Crippen molar-refractivity contribution >= 4 is 23.5 Å². The van der Waals surface area contributed by atoms with Crippen molar-refractivity contribution in [2.75, 3.05) is 0 Å². The Balaban J connectivity index is 1.58. The van der Waals surface area contributed by atoms with Crippen molar-refractivity contribution in [3.63, 3.8) is 0 Å². The summed E-state index contributed by atoms with van der Waals surface area (Å²) in [5, 5.41) is 0.653. The van der Waals surface area contributed by atoms with Gasteiger partial charge >= 0.3 is 0 Å². The molecule has 4 rings (SSSR count). The number of fused-ring (bicyclic) bond motifs is 1. The van der Waals surface area contributed by atoms with Crippen LogP contribution >= 0.6 is 11.6 Å². The molecule has 0 saturated heterocycles. The Morgan fingerprint density at radius 1 is 1.15 bits per heavy atom. The Bertz CT molecular complexity index is 1000. The second kappa shape index (κ2) is 6.73. The van der Waals surface area contributed by atoms with Crippen LogP contribution in [0.2, 0.25) is 5.02 Å². The summed E-state index contributed by atoms with van der Waals surface area (Å²) in [7, 11) is 0. The number of rotatable bonds is 4. The predicted molar refractivity (Wildman–Crippen MR) is 98.6 cm³/mol. The van der Waals surface area contributed by atoms with Gasteiger partial charge in [0.05, 0.1) is 11.8 Å². The number of hydrogen-bond acceptors (Lipinski definition) is 4. The van der Waals surface area contributed by atoms with Crippen LogP contribution in [0, 0.1) is 6.92 Å². The minimum Gasteiger partial charge on any atom is -0.489 e. The highest BCUT2D eigenvalue weighted by Crippen LogP contribution is 2.37. The van der Waals surface area contributed by atoms with E-state index in [1.54, 1.807) is 30.5 Å². The van der Waals surface area contributed by atoms with E-state index >= 15 is 0 Å². The second-order valence-electron chi connectivity index (χ2n) is 5.95. The van der Waals surface area contributed by atoms with Gasteiger partial charge in [-0.3, -0.25) is 4.79 Å². The molecule has 0 bridgehead atoms. The number of hydrogen-bond donors (Lipinski definition) is 0. The van der Waals surface area contributed by atoms with Gasteiger partial charge < -0.3 is 13.9 Å². The van der Waals surface area contributed by atoms with E-state index in [4.69, 9.17) is 25.5 Å². The number of furan rings is 1. The summed E-state index contributed by atoms with van der Waals surface area (Å²) in [6.07, 6.45) is 3.14. The van der Waals surface area contributed by atoms with Crippen molar-refractivity contribution in [1.82, 2.24) is 0 Å². The molecule has 3 aromatic rings. The molecule has 0 atom stereocenters. The molecule has 26 heavy (non-hydrogen) atoms. The lowest BCUT2D eigenvalue weighted by Gasteiger charge is -2.10. The lowest BCUT2D eigenvalue weighted by atomic mass is 10.0. The summed E-state index contributed by atoms with van der Waals surface area (Å²) in [6, 6.07) is 14.6. The quantitative estimate of drug-likeness (QED) is 0.577. The zero-order valence-corrected chi connectivity index (χ0v) is 14.7. The van der Waals surface area contributed by atoms with Crippen LogP contribution in [-0.4, -0.2) is 5.78 Å². The van der Waals surface area contributed by atoms with E-state index in [1.807, 2.05) is 37.3 Å². The molecular weight excluding hydrogens is 352 g/mol. The van der Waals surface area contributed by atoms with Crippen LogP contribution < -0.4 is 9.47 Å². The highest BCUT2D eigenvalue weighted by Gasteiger charge is 2.30. The number of benzene rings is 2. The Kier molecular flexibility index (Phi) is 4.27. The Morgan fingerprint density at radius 3 is 2.77 bits per heavy atom. The van der Waals surface area contributed by atoms with Crippen LogP contribution in [0.5, 0.6) is 11.5 Å². The maximum Gasteiger partial charge on any atom is 0.232 e. The third-order valence-electron chi connectivity index (χ3n) is 4.11. The average Bonchev–Trinajstić information content (AvgIpc) is 3.23. The van der Waals surface area contributed by atoms with Crippen LogP contribution in [-0.2, 0) is 6.61 Å². The number of carbonyl (C=O) groups excluding carboxylic acids is 1. The van der Waals surface area contributed by atoms with Gasteiger partial charge in [-0.15, -0.1) is 0 Å². The lowest BCUT2D eigenvalue weighted by Crippen LogP contribution is -2.00. The maximum absolute atomic E-state index is 12.6. The number of halogens is 1. The molecule has 2 heterocycles. The fourth-order valence-corrected chi connectivity index (χ4v) is 3.03. The number of carbonyl (C=O) groups is 1. The second-order valence-corrected chi connectivity index (χ2v) is 6.36. The highest BCUT2D eigenvalue weighted by atomic mass is 35.5. The average molecular weight is 367 g/mol. The Labute approximate surface area is 155 Å². The van der Waals surface area contributed by atoms with Gasteiger partial charge in [-0.1, -0.05) is 29.8 Å². The van der Waals surface area contributed by atoms with E-state index in [1.165, 1.54) is 0 Å². The SMILES string of the molecule is Cc1cc(OCc2ccccc2Cl)cc2c1C(=O)/C(=C/c1ccco1)O2. The molecule has 130 valence electrons. The molecule has 0 spiro atoms. The minimum absolute atomic E-state index is 0.161. The molecule has 0 radical (unpaired) electrons. The Morgan fingerprint density at radius 2 is 2.00 bits per heavy atom. The van der Waals surface area contributed by atoms with Gasteiger partial charge in [0.1, 0.15) is 23.9 Å². The van der Waals surface area contributed by atoms with Gasteiger partial charge in [0.2, 0.25) is 5.78 Å². The first-order chi connectivity index (χ1) is 12.6. The molecule has 0 amide bonds. The maximum atomic E-state index is 12.6. The van der Waals surface area contributed by atoms with Gasteiger partial charge in [0.15, 0.2) is 5.76 Å². The largest absolute Gasteiger partial charge is 0.489 e. The van der Waals surface area contributed by atoms with Crippen molar-refractivity contribution in [1.29, 1.82) is 0 Å². The molecule has 2 aromatic carbocycles. The van der Waals surface area contributed by atoms with Crippen LogP contribution in [0.15, 0.2) is 65.0 Å². The van der Waals surface area contributed by atoms with Gasteiger partial charge in [-0.05, 0) is 36.8 Å². The summed E-state index contributed by atoms with van der Waals surface area (Å²) in [6.45, 7) is 2.19. The zero-order valence-electron chi connectivity index (χ0n) is 14.0. The van der Waals surface area contributed by atoms with Crippen molar-refractivity contribution in [3.8, 4) is 11.5 Å². The van der Waals surface area contributed by atoms with Crippen molar-refractivity contribution < 1.29 is 18.7 Å². The van der Waals surface area contributed by atoms with E-state index in [0.29, 0.717) is 34.5 Å². The summed E-state index contributed by atoms with van der Waals surface area (Å²) in [5.74, 6) is 1.75. The van der Waals surface area contributed by atoms with Crippen molar-refractivity contribution in [3.05, 3.63) is 88.0 Å². The number of ether oxygens (including phenoxy) is 2. The van der Waals surface area contributed by atoms with Crippen molar-refractivity contribution in [2.24, 2.45) is 0 Å². The number of Topliss-reactive ketones (excluding diaryl/α,β-unsaturated/α-hetero) is 1. The van der Waals surface area contributed by atoms with Crippen molar-refractivity contribution in [2.45, 2.75) is 13.5 Å². The van der Waals surface area contributed by atoms with E-state index in [9.17, 15) is 4.79 Å². The first-order valence-corrected chi connectivity index (χ1v) is 8.48. The molecule has 5 heteroatoms. The fourth-order valence-electron chi connectivity index (χ4n) is 2.84. The molecule has 1 aliphatic rings. The molecule has 0 aliphatic carbocycles. The molecule has 0 N–H and O–H groups in total. The molecule has 1 aromatic heterocycles. The number of ketones is 1. The third-order valence-corrected chi connectivity index (χ3v) is 4.48. The monoisotopic (exact) mass is 366 g/mol. The van der Waals surface area contributed by atoms with Crippen LogP contribution in [0.1, 0.15) is 27.2 Å². The molecule has 1 aliphatic heterocycles. The normalized spacial score (nSPS) is 14.4. The summed E-state index contributed by atoms with van der Waals surface area (Å²) < 4.78 is 16.8. The number of allylic oxidation sites excluding steroid dienone is 1. The predicted octanol–water partition coefficient (Wildman–Crippen LogP) is 5.44. The van der Waals surface area contributed by atoms with E-state index < -0.39 is 0 Å². The van der Waals surface area contributed by atoms with Gasteiger partial charge in [0.25, 0.3) is 0 Å². The van der Waals surface area contributed by atoms with Gasteiger partial charge in [-0.2, -0.15) is 0 Å². The standard InChI is InChI=1S/C21H15ClO4/c1-13-9-16(25-12-14-5-2-3-7-17(14)22)11-18-20(13)21(23)19(26-18)10-15-6-4-8-24-15/h2-11H,12H2,1H3/b19-10-. The van der Waals surface area contributed by atoms with Crippen LogP contribution in [0.3, 0.4) is 0 Å². The molecular formula is C21H15ClO4. The fraction of sp³-hybridized carbons (Fsp3) is 0.0952. The minimum atomic E-state index is -0.161. The first kappa shape index (κ1) is 16.5. The molecule has 4 nitrogen and oxygen atoms in total. The third kappa shape index (κ3) is 3.11. The van der Waals surface area contributed by atoms with Crippen LogP contribution in [0.4, 0.5) is 0 Å². The van der Waals surface area contributed by atoms with E-state index in [2.05, 4.69) is 0 Å². The molecule has 0 fully saturated rings. The Hall–Kier alpha value is -2.98. The first-order valence-electron chi connectivity index (χ1n) is 8.10. The van der Waals surface area contributed by atoms with E-state index in [0.717, 1.165) is 11.1 Å². The van der Waals surface area contributed by atoms with Crippen LogP contribution in [0.25, 0.3) is 6.08 Å². The highest BCUT2D eigenvalue weighted by molar-refractivity contribution is 6.31. The smallest absolute Gasteiger partial charge is 0.232 e. The molecule has 0 unspecified atom stereocenters. The van der Waals surface area contributed by atoms with Gasteiger partial charge in [-0.25, -0.2) is 0 Å². The topological polar surface area (TPSA) is 48.7 Å². The summed E-state index contributed by atoms with van der Waals surface area (Å²) >= 11 is 6.16. The molecule has 0 saturated carbocycles.